The molecule has 0 saturated heterocycles. The SMILES string of the molecule is CCCCN(CCCC)c1cc2ccc1-2. The summed E-state index contributed by atoms with van der Waals surface area (Å²) >= 11 is 0. The molecule has 15 heavy (non-hydrogen) atoms. The molecule has 0 aromatic rings. The third-order valence-electron chi connectivity index (χ3n) is 3.21. The standard InChI is InChI=1S/C14H21N/c1-3-5-9-15(10-6-4-2)14-11-12-7-8-13(12)14/h7-8,11H,3-6,9-10H2,1-2H3. The van der Waals surface area contributed by atoms with Gasteiger partial charge in [-0.3, -0.25) is 0 Å². The Morgan fingerprint density at radius 3 is 2.00 bits per heavy atom. The van der Waals surface area contributed by atoms with Crippen molar-refractivity contribution >= 4 is 5.69 Å². The van der Waals surface area contributed by atoms with Crippen LogP contribution < -0.4 is 4.90 Å². The Balaban J connectivity index is 1.94. The number of anilines is 1. The third kappa shape index (κ3) is 2.01. The first-order valence-electron chi connectivity index (χ1n) is 6.26. The molecule has 2 aliphatic rings. The lowest BCUT2D eigenvalue weighted by molar-refractivity contribution is 0.677. The minimum Gasteiger partial charge on any atom is -0.371 e. The Hall–Kier alpha value is -0.980. The molecule has 0 aromatic carbocycles. The average molecular weight is 203 g/mol. The lowest BCUT2D eigenvalue weighted by atomic mass is 9.90. The maximum absolute atomic E-state index is 2.56. The minimum atomic E-state index is 1.23. The van der Waals surface area contributed by atoms with E-state index >= 15 is 0 Å². The number of fused-ring (bicyclic) bond motifs is 1. The number of rotatable bonds is 7. The van der Waals surface area contributed by atoms with Crippen LogP contribution in [-0.2, 0) is 0 Å². The van der Waals surface area contributed by atoms with Gasteiger partial charge >= 0.3 is 0 Å². The van der Waals surface area contributed by atoms with Crippen molar-refractivity contribution in [3.05, 3.63) is 18.2 Å². The number of nitrogens with zero attached hydrogens (tertiary/aromatic N) is 1. The van der Waals surface area contributed by atoms with Crippen molar-refractivity contribution in [1.29, 1.82) is 0 Å². The van der Waals surface area contributed by atoms with Crippen LogP contribution in [0, 0.1) is 0 Å². The van der Waals surface area contributed by atoms with Crippen molar-refractivity contribution in [2.45, 2.75) is 39.5 Å². The van der Waals surface area contributed by atoms with Gasteiger partial charge in [0.05, 0.1) is 0 Å². The fourth-order valence-electron chi connectivity index (χ4n) is 2.08. The summed E-state index contributed by atoms with van der Waals surface area (Å²) in [5.41, 5.74) is 4.46. The molecule has 0 bridgehead atoms. The molecule has 0 aliphatic heterocycles. The highest BCUT2D eigenvalue weighted by atomic mass is 15.1. The fourth-order valence-corrected chi connectivity index (χ4v) is 2.08. The molecule has 0 saturated carbocycles. The Bertz CT molecular complexity index is 322. The first kappa shape index (κ1) is 10.5. The second kappa shape index (κ2) is 4.69. The highest BCUT2D eigenvalue weighted by Crippen LogP contribution is 2.43. The Morgan fingerprint density at radius 1 is 1.00 bits per heavy atom. The summed E-state index contributed by atoms with van der Waals surface area (Å²) in [6, 6.07) is 6.78. The first-order valence-corrected chi connectivity index (χ1v) is 6.26. The zero-order chi connectivity index (χ0) is 10.7. The van der Waals surface area contributed by atoms with Gasteiger partial charge in [-0.15, -0.1) is 0 Å². The van der Waals surface area contributed by atoms with E-state index in [-0.39, 0.29) is 0 Å². The van der Waals surface area contributed by atoms with Gasteiger partial charge < -0.3 is 4.90 Å². The summed E-state index contributed by atoms with van der Waals surface area (Å²) < 4.78 is 0. The highest BCUT2D eigenvalue weighted by Gasteiger charge is 2.20. The molecule has 0 aromatic heterocycles. The van der Waals surface area contributed by atoms with Gasteiger partial charge in [-0.1, -0.05) is 38.8 Å². The molecular weight excluding hydrogens is 182 g/mol. The van der Waals surface area contributed by atoms with Crippen molar-refractivity contribution in [1.82, 2.24) is 0 Å². The van der Waals surface area contributed by atoms with Gasteiger partial charge in [0.1, 0.15) is 0 Å². The quantitative estimate of drug-likeness (QED) is 0.655. The second-order valence-electron chi connectivity index (χ2n) is 4.43. The molecule has 0 radical (unpaired) electrons. The van der Waals surface area contributed by atoms with Crippen LogP contribution in [0.5, 0.6) is 0 Å². The molecule has 0 heterocycles. The topological polar surface area (TPSA) is 3.24 Å². The summed E-state index contributed by atoms with van der Waals surface area (Å²) in [5.74, 6) is 0. The minimum absolute atomic E-state index is 1.23. The molecule has 0 N–H and O–H groups in total. The zero-order valence-electron chi connectivity index (χ0n) is 9.92. The largest absolute Gasteiger partial charge is 0.371 e. The van der Waals surface area contributed by atoms with Crippen molar-refractivity contribution in [2.75, 3.05) is 18.0 Å². The molecule has 82 valence electrons. The van der Waals surface area contributed by atoms with E-state index in [1.807, 2.05) is 0 Å². The first-order chi connectivity index (χ1) is 7.36. The number of hydrogen-bond donors (Lipinski definition) is 0. The lowest BCUT2D eigenvalue weighted by Gasteiger charge is -2.32. The van der Waals surface area contributed by atoms with Gasteiger partial charge in [0.15, 0.2) is 0 Å². The van der Waals surface area contributed by atoms with Gasteiger partial charge in [-0.2, -0.15) is 0 Å². The van der Waals surface area contributed by atoms with Crippen LogP contribution >= 0.6 is 0 Å². The normalized spacial score (nSPS) is 11.6. The van der Waals surface area contributed by atoms with E-state index in [0.29, 0.717) is 0 Å². The van der Waals surface area contributed by atoms with Crippen molar-refractivity contribution in [3.8, 4) is 11.1 Å². The molecule has 0 unspecified atom stereocenters. The Kier molecular flexibility index (Phi) is 3.30. The van der Waals surface area contributed by atoms with Crippen LogP contribution in [0.1, 0.15) is 39.5 Å². The van der Waals surface area contributed by atoms with E-state index in [1.54, 1.807) is 0 Å². The molecule has 0 amide bonds. The summed E-state index contributed by atoms with van der Waals surface area (Å²) in [5, 5.41) is 0. The summed E-state index contributed by atoms with van der Waals surface area (Å²) in [7, 11) is 0. The van der Waals surface area contributed by atoms with E-state index in [0.717, 1.165) is 0 Å². The van der Waals surface area contributed by atoms with Crippen LogP contribution in [0.15, 0.2) is 18.2 Å². The van der Waals surface area contributed by atoms with E-state index < -0.39 is 0 Å². The molecule has 2 rings (SSSR count). The van der Waals surface area contributed by atoms with Gasteiger partial charge in [0, 0.05) is 24.3 Å². The van der Waals surface area contributed by atoms with Crippen LogP contribution in [0.3, 0.4) is 0 Å². The van der Waals surface area contributed by atoms with E-state index in [4.69, 9.17) is 0 Å². The second-order valence-corrected chi connectivity index (χ2v) is 4.43. The van der Waals surface area contributed by atoms with Gasteiger partial charge in [-0.05, 0) is 24.5 Å². The van der Waals surface area contributed by atoms with Gasteiger partial charge in [0.2, 0.25) is 0 Å². The monoisotopic (exact) mass is 203 g/mol. The summed E-state index contributed by atoms with van der Waals surface area (Å²) in [4.78, 5) is 2.56. The van der Waals surface area contributed by atoms with Gasteiger partial charge in [0.25, 0.3) is 0 Å². The van der Waals surface area contributed by atoms with Crippen LogP contribution in [0.25, 0.3) is 11.1 Å². The predicted octanol–water partition coefficient (Wildman–Crippen LogP) is 4.07. The number of hydrogen-bond acceptors (Lipinski definition) is 1. The Labute approximate surface area is 93.1 Å². The lowest BCUT2D eigenvalue weighted by Crippen LogP contribution is -2.27. The maximum Gasteiger partial charge on any atom is 0.0452 e. The summed E-state index contributed by atoms with van der Waals surface area (Å²) in [6.45, 7) is 6.99. The van der Waals surface area contributed by atoms with E-state index in [1.165, 1.54) is 55.6 Å². The average Bonchev–Trinajstić information content (AvgIpc) is 2.23. The molecular formula is C14H21N. The number of unbranched alkanes of at least 4 members (excludes halogenated alkanes) is 2. The molecule has 2 aliphatic carbocycles. The predicted molar refractivity (Wildman–Crippen MR) is 67.5 cm³/mol. The molecule has 0 atom stereocenters. The summed E-state index contributed by atoms with van der Waals surface area (Å²) in [6.07, 6.45) is 5.20. The van der Waals surface area contributed by atoms with Gasteiger partial charge in [-0.25, -0.2) is 0 Å². The third-order valence-corrected chi connectivity index (χ3v) is 3.21. The van der Waals surface area contributed by atoms with E-state index in [9.17, 15) is 0 Å². The van der Waals surface area contributed by atoms with Crippen molar-refractivity contribution in [3.63, 3.8) is 0 Å². The van der Waals surface area contributed by atoms with Crippen molar-refractivity contribution < 1.29 is 0 Å². The molecule has 0 spiro atoms. The molecule has 1 nitrogen and oxygen atoms in total. The maximum atomic E-state index is 2.56. The van der Waals surface area contributed by atoms with Crippen LogP contribution in [0.2, 0.25) is 0 Å². The Morgan fingerprint density at radius 2 is 1.67 bits per heavy atom. The van der Waals surface area contributed by atoms with Crippen LogP contribution in [-0.4, -0.2) is 13.1 Å². The number of benzene rings is 1. The molecule has 0 fully saturated rings. The zero-order valence-corrected chi connectivity index (χ0v) is 9.92. The smallest absolute Gasteiger partial charge is 0.0452 e. The highest BCUT2D eigenvalue weighted by molar-refractivity contribution is 5.92. The van der Waals surface area contributed by atoms with E-state index in [2.05, 4.69) is 36.9 Å². The molecule has 1 heteroatoms. The van der Waals surface area contributed by atoms with Crippen molar-refractivity contribution in [2.24, 2.45) is 0 Å². The van der Waals surface area contributed by atoms with Crippen LogP contribution in [0.4, 0.5) is 5.69 Å². The fraction of sp³-hybridized carbons (Fsp3) is 0.571.